The summed E-state index contributed by atoms with van der Waals surface area (Å²) in [6, 6.07) is 13.8. The number of hydrogen-bond acceptors (Lipinski definition) is 4. The molecule has 0 radical (unpaired) electrons. The molecule has 2 rings (SSSR count). The van der Waals surface area contributed by atoms with E-state index >= 15 is 0 Å². The van der Waals surface area contributed by atoms with Gasteiger partial charge in [-0.3, -0.25) is 9.59 Å². The Balaban J connectivity index is 1.93. The van der Waals surface area contributed by atoms with E-state index in [9.17, 15) is 9.59 Å². The first kappa shape index (κ1) is 17.5. The van der Waals surface area contributed by atoms with Crippen LogP contribution in [0.5, 0.6) is 11.5 Å². The summed E-state index contributed by atoms with van der Waals surface area (Å²) in [4.78, 5) is 21.5. The van der Waals surface area contributed by atoms with Crippen LogP contribution in [0.3, 0.4) is 0 Å². The Morgan fingerprint density at radius 3 is 1.92 bits per heavy atom. The highest BCUT2D eigenvalue weighted by Gasteiger charge is 2.10. The maximum Gasteiger partial charge on any atom is 0.303 e. The predicted molar refractivity (Wildman–Crippen MR) is 89.8 cm³/mol. The molecule has 0 aliphatic carbocycles. The van der Waals surface area contributed by atoms with Crippen LogP contribution in [-0.4, -0.2) is 23.0 Å². The summed E-state index contributed by atoms with van der Waals surface area (Å²) in [5, 5.41) is 8.67. The van der Waals surface area contributed by atoms with E-state index in [0.717, 1.165) is 11.1 Å². The number of benzene rings is 2. The average Bonchev–Trinajstić information content (AvgIpc) is 2.56. The number of carbonyl (C=O) groups excluding carboxylic acids is 1. The number of carboxylic acids is 1. The van der Waals surface area contributed by atoms with Crippen LogP contribution in [0.2, 0.25) is 0 Å². The van der Waals surface area contributed by atoms with Crippen molar-refractivity contribution in [2.24, 2.45) is 11.5 Å². The number of primary amides is 1. The van der Waals surface area contributed by atoms with Gasteiger partial charge in [-0.1, -0.05) is 24.3 Å². The lowest BCUT2D eigenvalue weighted by Gasteiger charge is -2.09. The number of aryl methyl sites for hydroxylation is 1. The molecule has 24 heavy (non-hydrogen) atoms. The van der Waals surface area contributed by atoms with Crippen LogP contribution in [0.4, 0.5) is 0 Å². The third kappa shape index (κ3) is 5.40. The summed E-state index contributed by atoms with van der Waals surface area (Å²) < 4.78 is 5.73. The largest absolute Gasteiger partial charge is 0.481 e. The first-order chi connectivity index (χ1) is 11.4. The van der Waals surface area contributed by atoms with Crippen molar-refractivity contribution < 1.29 is 19.4 Å². The molecule has 0 aliphatic rings. The molecule has 0 saturated heterocycles. The second-order valence-electron chi connectivity index (χ2n) is 5.50. The molecule has 1 amide bonds. The Morgan fingerprint density at radius 1 is 0.958 bits per heavy atom. The van der Waals surface area contributed by atoms with Crippen LogP contribution in [0, 0.1) is 0 Å². The lowest BCUT2D eigenvalue weighted by molar-refractivity contribution is -0.137. The van der Waals surface area contributed by atoms with Gasteiger partial charge in [-0.2, -0.15) is 0 Å². The predicted octanol–water partition coefficient (Wildman–Crippen LogP) is 1.85. The molecule has 6 heteroatoms. The second kappa shape index (κ2) is 8.12. The molecule has 0 fully saturated rings. The Morgan fingerprint density at radius 2 is 1.46 bits per heavy atom. The van der Waals surface area contributed by atoms with E-state index in [1.54, 1.807) is 24.3 Å². The topological polar surface area (TPSA) is 116 Å². The first-order valence-corrected chi connectivity index (χ1v) is 7.56. The zero-order chi connectivity index (χ0) is 17.5. The Bertz CT molecular complexity index is 696. The smallest absolute Gasteiger partial charge is 0.303 e. The minimum atomic E-state index is -0.813. The zero-order valence-electron chi connectivity index (χ0n) is 13.1. The quantitative estimate of drug-likeness (QED) is 0.684. The van der Waals surface area contributed by atoms with Crippen LogP contribution in [0.15, 0.2) is 48.5 Å². The minimum absolute atomic E-state index is 0.106. The van der Waals surface area contributed by atoms with Crippen molar-refractivity contribution in [1.82, 2.24) is 0 Å². The fourth-order valence-electron chi connectivity index (χ4n) is 2.16. The number of ether oxygens (including phenoxy) is 1. The van der Waals surface area contributed by atoms with Gasteiger partial charge in [-0.15, -0.1) is 0 Å². The highest BCUT2D eigenvalue weighted by Crippen LogP contribution is 2.22. The number of amides is 1. The Kier molecular flexibility index (Phi) is 5.92. The molecule has 0 aliphatic heterocycles. The summed E-state index contributed by atoms with van der Waals surface area (Å²) in [5.74, 6) is -0.0230. The fraction of sp³-hybridized carbons (Fsp3) is 0.222. The van der Waals surface area contributed by atoms with Gasteiger partial charge >= 0.3 is 5.97 Å². The summed E-state index contributed by atoms with van der Waals surface area (Å²) in [6.07, 6.45) is 0.980. The van der Waals surface area contributed by atoms with Crippen LogP contribution >= 0.6 is 0 Å². The van der Waals surface area contributed by atoms with E-state index in [1.165, 1.54) is 0 Å². The number of carboxylic acid groups (broad SMARTS) is 1. The van der Waals surface area contributed by atoms with E-state index in [0.29, 0.717) is 24.3 Å². The molecule has 0 saturated carbocycles. The average molecular weight is 328 g/mol. The summed E-state index contributed by atoms with van der Waals surface area (Å²) in [7, 11) is 0. The van der Waals surface area contributed by atoms with Gasteiger partial charge in [0.1, 0.15) is 11.5 Å². The third-order valence-electron chi connectivity index (χ3n) is 3.53. The molecule has 2 aromatic rings. The van der Waals surface area contributed by atoms with E-state index in [2.05, 4.69) is 0 Å². The van der Waals surface area contributed by atoms with Crippen LogP contribution in [0.25, 0.3) is 0 Å². The van der Waals surface area contributed by atoms with E-state index < -0.39 is 17.9 Å². The molecule has 0 heterocycles. The molecule has 0 spiro atoms. The van der Waals surface area contributed by atoms with E-state index in [1.807, 2.05) is 24.3 Å². The fourth-order valence-corrected chi connectivity index (χ4v) is 2.16. The maximum atomic E-state index is 11.0. The van der Waals surface area contributed by atoms with Crippen LogP contribution in [-0.2, 0) is 22.4 Å². The minimum Gasteiger partial charge on any atom is -0.481 e. The van der Waals surface area contributed by atoms with Crippen molar-refractivity contribution >= 4 is 11.9 Å². The van der Waals surface area contributed by atoms with Crippen molar-refractivity contribution in [3.63, 3.8) is 0 Å². The first-order valence-electron chi connectivity index (χ1n) is 7.56. The molecule has 2 aromatic carbocycles. The van der Waals surface area contributed by atoms with Gasteiger partial charge < -0.3 is 21.3 Å². The Labute approximate surface area is 140 Å². The normalized spacial score (nSPS) is 11.7. The van der Waals surface area contributed by atoms with Gasteiger partial charge in [0, 0.05) is 6.42 Å². The van der Waals surface area contributed by atoms with Crippen LogP contribution in [0.1, 0.15) is 17.5 Å². The van der Waals surface area contributed by atoms with Crippen molar-refractivity contribution in [1.29, 1.82) is 0 Å². The molecule has 0 bridgehead atoms. The monoisotopic (exact) mass is 328 g/mol. The number of carbonyl (C=O) groups is 2. The van der Waals surface area contributed by atoms with Crippen molar-refractivity contribution in [3.8, 4) is 11.5 Å². The van der Waals surface area contributed by atoms with Gasteiger partial charge in [-0.05, 0) is 48.2 Å². The van der Waals surface area contributed by atoms with Gasteiger partial charge in [0.2, 0.25) is 5.91 Å². The number of aliphatic carboxylic acids is 1. The van der Waals surface area contributed by atoms with E-state index in [4.69, 9.17) is 21.3 Å². The molecule has 6 nitrogen and oxygen atoms in total. The molecule has 1 unspecified atom stereocenters. The molecule has 0 aromatic heterocycles. The molecule has 1 atom stereocenters. The van der Waals surface area contributed by atoms with Gasteiger partial charge in [-0.25, -0.2) is 0 Å². The van der Waals surface area contributed by atoms with Crippen molar-refractivity contribution in [3.05, 3.63) is 59.7 Å². The summed E-state index contributed by atoms with van der Waals surface area (Å²) in [5.41, 5.74) is 12.6. The van der Waals surface area contributed by atoms with E-state index in [-0.39, 0.29) is 6.42 Å². The van der Waals surface area contributed by atoms with Gasteiger partial charge in [0.15, 0.2) is 0 Å². The van der Waals surface area contributed by atoms with Gasteiger partial charge in [0.05, 0.1) is 6.04 Å². The third-order valence-corrected chi connectivity index (χ3v) is 3.53. The number of nitrogens with two attached hydrogens (primary N) is 2. The van der Waals surface area contributed by atoms with Crippen molar-refractivity contribution in [2.45, 2.75) is 25.3 Å². The van der Waals surface area contributed by atoms with Crippen molar-refractivity contribution in [2.75, 3.05) is 0 Å². The lowest BCUT2D eigenvalue weighted by Crippen LogP contribution is -2.38. The number of rotatable bonds is 8. The lowest BCUT2D eigenvalue weighted by atomic mass is 10.1. The standard InChI is InChI=1S/C18H20N2O4/c19-16(18(20)23)11-13-3-8-15(9-4-13)24-14-6-1-12(2-7-14)5-10-17(21)22/h1-4,6-9,16H,5,10-11,19H2,(H2,20,23)(H,21,22). The number of hydrogen-bond donors (Lipinski definition) is 3. The molecular weight excluding hydrogens is 308 g/mol. The summed E-state index contributed by atoms with van der Waals surface area (Å²) >= 11 is 0. The highest BCUT2D eigenvalue weighted by atomic mass is 16.5. The zero-order valence-corrected chi connectivity index (χ0v) is 13.1. The Hall–Kier alpha value is -2.86. The maximum absolute atomic E-state index is 11.0. The summed E-state index contributed by atoms with van der Waals surface area (Å²) in [6.45, 7) is 0. The SMILES string of the molecule is NC(=O)C(N)Cc1ccc(Oc2ccc(CCC(=O)O)cc2)cc1. The van der Waals surface area contributed by atoms with Gasteiger partial charge in [0.25, 0.3) is 0 Å². The second-order valence-corrected chi connectivity index (χ2v) is 5.50. The molecule has 5 N–H and O–H groups in total. The molecule has 126 valence electrons. The highest BCUT2D eigenvalue weighted by molar-refractivity contribution is 5.79. The van der Waals surface area contributed by atoms with Crippen LogP contribution < -0.4 is 16.2 Å². The molecular formula is C18H20N2O4.